The molecular formula is C30H41IN2O3. The van der Waals surface area contributed by atoms with Crippen molar-refractivity contribution in [3.63, 3.8) is 0 Å². The molecule has 0 bridgehead atoms. The van der Waals surface area contributed by atoms with E-state index < -0.39 is 0 Å². The number of amides is 1. The molecule has 0 aromatic heterocycles. The van der Waals surface area contributed by atoms with Gasteiger partial charge in [0.05, 0.1) is 11.8 Å². The van der Waals surface area contributed by atoms with Gasteiger partial charge in [-0.2, -0.15) is 5.10 Å². The van der Waals surface area contributed by atoms with Crippen LogP contribution in [0.4, 0.5) is 0 Å². The smallest absolute Gasteiger partial charge is 0.344 e. The minimum atomic E-state index is -0.387. The Morgan fingerprint density at radius 2 is 1.36 bits per heavy atom. The third-order valence-electron chi connectivity index (χ3n) is 6.09. The van der Waals surface area contributed by atoms with Gasteiger partial charge in [-0.25, -0.2) is 10.2 Å². The van der Waals surface area contributed by atoms with E-state index in [0.29, 0.717) is 17.7 Å². The van der Waals surface area contributed by atoms with Crippen LogP contribution in [-0.4, -0.2) is 18.1 Å². The van der Waals surface area contributed by atoms with Gasteiger partial charge in [0.25, 0.3) is 0 Å². The van der Waals surface area contributed by atoms with E-state index in [1.54, 1.807) is 36.5 Å². The summed E-state index contributed by atoms with van der Waals surface area (Å²) < 4.78 is 6.28. The zero-order valence-electron chi connectivity index (χ0n) is 21.6. The third kappa shape index (κ3) is 13.2. The molecule has 0 saturated heterocycles. The summed E-state index contributed by atoms with van der Waals surface area (Å²) in [5.41, 5.74) is 3.94. The highest BCUT2D eigenvalue weighted by molar-refractivity contribution is 14.1. The van der Waals surface area contributed by atoms with Gasteiger partial charge < -0.3 is 4.74 Å². The van der Waals surface area contributed by atoms with Crippen molar-refractivity contribution in [2.24, 2.45) is 5.10 Å². The third-order valence-corrected chi connectivity index (χ3v) is 7.04. The fraction of sp³-hybridized carbons (Fsp3) is 0.500. The van der Waals surface area contributed by atoms with E-state index in [1.807, 2.05) is 18.2 Å². The standard InChI is InChI=1S/C30H41IN2O3/c1-2-3-4-5-6-7-8-9-10-11-12-13-14-19-29(34)33-32-24-25-20-22-26(23-21-25)36-30(35)27-17-15-16-18-28(27)31/h15-18,20-24H,2-14,19H2,1H3,(H,33,34)/b32-24+. The van der Waals surface area contributed by atoms with Gasteiger partial charge in [-0.05, 0) is 71.0 Å². The average Bonchev–Trinajstić information content (AvgIpc) is 2.88. The Kier molecular flexibility index (Phi) is 15.8. The summed E-state index contributed by atoms with van der Waals surface area (Å²) >= 11 is 2.11. The summed E-state index contributed by atoms with van der Waals surface area (Å²) in [4.78, 5) is 24.3. The van der Waals surface area contributed by atoms with E-state index >= 15 is 0 Å². The number of unbranched alkanes of at least 4 members (excludes halogenated alkanes) is 12. The monoisotopic (exact) mass is 604 g/mol. The SMILES string of the molecule is CCCCCCCCCCCCCCCC(=O)N/N=C/c1ccc(OC(=O)c2ccccc2I)cc1. The Morgan fingerprint density at radius 1 is 0.806 bits per heavy atom. The maximum atomic E-state index is 12.3. The Morgan fingerprint density at radius 3 is 1.94 bits per heavy atom. The Balaban J connectivity index is 1.51. The molecule has 36 heavy (non-hydrogen) atoms. The molecule has 2 aromatic carbocycles. The van der Waals surface area contributed by atoms with Crippen molar-refractivity contribution < 1.29 is 14.3 Å². The number of hydrogen-bond acceptors (Lipinski definition) is 4. The van der Waals surface area contributed by atoms with E-state index in [0.717, 1.165) is 22.0 Å². The minimum absolute atomic E-state index is 0.0580. The minimum Gasteiger partial charge on any atom is -0.423 e. The van der Waals surface area contributed by atoms with E-state index in [1.165, 1.54) is 70.6 Å². The second-order valence-electron chi connectivity index (χ2n) is 9.22. The normalized spacial score (nSPS) is 11.1. The molecule has 0 spiro atoms. The first-order chi connectivity index (χ1) is 17.6. The second-order valence-corrected chi connectivity index (χ2v) is 10.4. The topological polar surface area (TPSA) is 67.8 Å². The summed E-state index contributed by atoms with van der Waals surface area (Å²) in [5.74, 6) is 0.0161. The molecule has 0 heterocycles. The van der Waals surface area contributed by atoms with Crippen LogP contribution in [0, 0.1) is 3.57 Å². The number of ether oxygens (including phenoxy) is 1. The largest absolute Gasteiger partial charge is 0.423 e. The fourth-order valence-corrected chi connectivity index (χ4v) is 4.56. The van der Waals surface area contributed by atoms with Crippen LogP contribution in [0.2, 0.25) is 0 Å². The lowest BCUT2D eigenvalue weighted by Crippen LogP contribution is -2.16. The van der Waals surface area contributed by atoms with Crippen molar-refractivity contribution in [3.8, 4) is 5.75 Å². The van der Waals surface area contributed by atoms with Gasteiger partial charge >= 0.3 is 5.97 Å². The summed E-state index contributed by atoms with van der Waals surface area (Å²) in [6.45, 7) is 2.26. The highest BCUT2D eigenvalue weighted by Crippen LogP contribution is 2.17. The molecule has 0 unspecified atom stereocenters. The highest BCUT2D eigenvalue weighted by Gasteiger charge is 2.11. The number of hydrogen-bond donors (Lipinski definition) is 1. The summed E-state index contributed by atoms with van der Waals surface area (Å²) in [5, 5.41) is 4.04. The van der Waals surface area contributed by atoms with Gasteiger partial charge in [-0.15, -0.1) is 0 Å². The molecule has 0 aliphatic carbocycles. The summed E-state index contributed by atoms with van der Waals surface area (Å²) in [6, 6.07) is 14.3. The number of esters is 1. The fourth-order valence-electron chi connectivity index (χ4n) is 3.95. The van der Waals surface area contributed by atoms with Gasteiger partial charge in [0, 0.05) is 9.99 Å². The second kappa shape index (κ2) is 19.0. The Labute approximate surface area is 230 Å². The first kappa shape index (κ1) is 30.0. The number of hydrazone groups is 1. The molecular weight excluding hydrogens is 563 g/mol. The first-order valence-electron chi connectivity index (χ1n) is 13.5. The van der Waals surface area contributed by atoms with Crippen LogP contribution in [0.3, 0.4) is 0 Å². The van der Waals surface area contributed by atoms with Gasteiger partial charge in [0.2, 0.25) is 5.91 Å². The lowest BCUT2D eigenvalue weighted by atomic mass is 10.0. The van der Waals surface area contributed by atoms with Crippen molar-refractivity contribution in [2.45, 2.75) is 96.8 Å². The molecule has 0 aliphatic rings. The van der Waals surface area contributed by atoms with E-state index in [-0.39, 0.29) is 11.9 Å². The van der Waals surface area contributed by atoms with Gasteiger partial charge in [0.1, 0.15) is 5.75 Å². The summed E-state index contributed by atoms with van der Waals surface area (Å²) in [7, 11) is 0. The number of carbonyl (C=O) groups excluding carboxylic acids is 2. The van der Waals surface area contributed by atoms with E-state index in [2.05, 4.69) is 40.0 Å². The summed E-state index contributed by atoms with van der Waals surface area (Å²) in [6.07, 6.45) is 18.9. The maximum Gasteiger partial charge on any atom is 0.344 e. The molecule has 196 valence electrons. The van der Waals surface area contributed by atoms with Crippen LogP contribution in [0.15, 0.2) is 53.6 Å². The predicted octanol–water partition coefficient (Wildman–Crippen LogP) is 8.44. The molecule has 6 heteroatoms. The van der Waals surface area contributed by atoms with Crippen molar-refractivity contribution in [1.82, 2.24) is 5.43 Å². The van der Waals surface area contributed by atoms with Crippen molar-refractivity contribution >= 4 is 40.7 Å². The lowest BCUT2D eigenvalue weighted by Gasteiger charge is -2.06. The van der Waals surface area contributed by atoms with Crippen LogP contribution < -0.4 is 10.2 Å². The number of carbonyl (C=O) groups is 2. The van der Waals surface area contributed by atoms with Crippen LogP contribution in [-0.2, 0) is 4.79 Å². The van der Waals surface area contributed by atoms with Crippen LogP contribution in [0.25, 0.3) is 0 Å². The molecule has 2 aromatic rings. The Hall–Kier alpha value is -2.22. The molecule has 0 fully saturated rings. The number of nitrogens with zero attached hydrogens (tertiary/aromatic N) is 1. The lowest BCUT2D eigenvalue weighted by molar-refractivity contribution is -0.121. The number of halogens is 1. The highest BCUT2D eigenvalue weighted by atomic mass is 127. The molecule has 0 saturated carbocycles. The quantitative estimate of drug-likeness (QED) is 0.0464. The molecule has 0 aliphatic heterocycles. The molecule has 0 atom stereocenters. The van der Waals surface area contributed by atoms with Crippen LogP contribution in [0.1, 0.15) is 113 Å². The predicted molar refractivity (Wildman–Crippen MR) is 157 cm³/mol. The van der Waals surface area contributed by atoms with Crippen molar-refractivity contribution in [3.05, 3.63) is 63.2 Å². The maximum absolute atomic E-state index is 12.3. The van der Waals surface area contributed by atoms with Crippen LogP contribution >= 0.6 is 22.6 Å². The number of nitrogens with one attached hydrogen (secondary N) is 1. The molecule has 5 nitrogen and oxygen atoms in total. The number of rotatable bonds is 18. The van der Waals surface area contributed by atoms with Crippen molar-refractivity contribution in [2.75, 3.05) is 0 Å². The average molecular weight is 605 g/mol. The van der Waals surface area contributed by atoms with Gasteiger partial charge in [0.15, 0.2) is 0 Å². The molecule has 0 radical (unpaired) electrons. The Bertz CT molecular complexity index is 928. The molecule has 1 amide bonds. The molecule has 1 N–H and O–H groups in total. The zero-order chi connectivity index (χ0) is 25.8. The zero-order valence-corrected chi connectivity index (χ0v) is 23.8. The number of benzene rings is 2. The van der Waals surface area contributed by atoms with Crippen LogP contribution in [0.5, 0.6) is 5.75 Å². The van der Waals surface area contributed by atoms with Gasteiger partial charge in [-0.1, -0.05) is 96.1 Å². The van der Waals surface area contributed by atoms with E-state index in [9.17, 15) is 9.59 Å². The van der Waals surface area contributed by atoms with E-state index in [4.69, 9.17) is 4.74 Å². The van der Waals surface area contributed by atoms with Crippen molar-refractivity contribution in [1.29, 1.82) is 0 Å². The molecule has 2 rings (SSSR count). The van der Waals surface area contributed by atoms with Gasteiger partial charge in [-0.3, -0.25) is 4.79 Å². The first-order valence-corrected chi connectivity index (χ1v) is 14.6.